The first kappa shape index (κ1) is 16.6. The maximum atomic E-state index is 10.3. The third kappa shape index (κ3) is 4.16. The van der Waals surface area contributed by atoms with E-state index in [0.29, 0.717) is 23.3 Å². The fourth-order valence-corrected chi connectivity index (χ4v) is 3.48. The maximum Gasteiger partial charge on any atom is 0.191 e. The minimum Gasteiger partial charge on any atom is -0.386 e. The van der Waals surface area contributed by atoms with E-state index < -0.39 is 6.10 Å². The van der Waals surface area contributed by atoms with Gasteiger partial charge in [0, 0.05) is 11.6 Å². The van der Waals surface area contributed by atoms with E-state index in [9.17, 15) is 5.11 Å². The Morgan fingerprint density at radius 1 is 1.48 bits per heavy atom. The van der Waals surface area contributed by atoms with Crippen LogP contribution in [0.4, 0.5) is 0 Å². The molecule has 2 saturated heterocycles. The van der Waals surface area contributed by atoms with Crippen LogP contribution in [-0.4, -0.2) is 42.4 Å². The standard InChI is InChI=1S/C17H24ClN3O2/c1-2-19-17(21-14-9-13-6-7-16(14)23-13)20-10-15(22)11-4-3-5-12(18)8-11/h3-5,8,13-16,22H,2,6-7,9-10H2,1H3,(H2,19,20,21). The van der Waals surface area contributed by atoms with Crippen LogP contribution in [0.25, 0.3) is 0 Å². The summed E-state index contributed by atoms with van der Waals surface area (Å²) in [4.78, 5) is 4.51. The fourth-order valence-electron chi connectivity index (χ4n) is 3.28. The lowest BCUT2D eigenvalue weighted by molar-refractivity contribution is 0.0992. The Labute approximate surface area is 142 Å². The van der Waals surface area contributed by atoms with E-state index in [1.165, 1.54) is 6.42 Å². The summed E-state index contributed by atoms with van der Waals surface area (Å²) in [5.74, 6) is 0.731. The van der Waals surface area contributed by atoms with Crippen molar-refractivity contribution in [2.45, 2.75) is 50.5 Å². The molecule has 2 fully saturated rings. The van der Waals surface area contributed by atoms with Crippen molar-refractivity contribution in [3.05, 3.63) is 34.9 Å². The number of aliphatic hydroxyl groups is 1. The summed E-state index contributed by atoms with van der Waals surface area (Å²) >= 11 is 5.97. The van der Waals surface area contributed by atoms with Crippen molar-refractivity contribution < 1.29 is 9.84 Å². The predicted octanol–water partition coefficient (Wildman–Crippen LogP) is 2.25. The van der Waals surface area contributed by atoms with Gasteiger partial charge in [-0.05, 0) is 43.9 Å². The second-order valence-corrected chi connectivity index (χ2v) is 6.59. The molecule has 0 aliphatic carbocycles. The number of guanidine groups is 1. The van der Waals surface area contributed by atoms with Gasteiger partial charge in [-0.25, -0.2) is 0 Å². The summed E-state index contributed by atoms with van der Waals surface area (Å²) in [5, 5.41) is 17.6. The molecule has 0 amide bonds. The number of aliphatic hydroxyl groups excluding tert-OH is 1. The first-order valence-electron chi connectivity index (χ1n) is 8.29. The van der Waals surface area contributed by atoms with Crippen molar-refractivity contribution in [1.29, 1.82) is 0 Å². The van der Waals surface area contributed by atoms with Crippen molar-refractivity contribution >= 4 is 17.6 Å². The second-order valence-electron chi connectivity index (χ2n) is 6.15. The molecular weight excluding hydrogens is 314 g/mol. The summed E-state index contributed by atoms with van der Waals surface area (Å²) in [5.41, 5.74) is 0.778. The molecule has 2 bridgehead atoms. The predicted molar refractivity (Wildman–Crippen MR) is 91.8 cm³/mol. The molecule has 1 aromatic carbocycles. The zero-order valence-electron chi connectivity index (χ0n) is 13.3. The van der Waals surface area contributed by atoms with Crippen LogP contribution in [0.15, 0.2) is 29.3 Å². The molecule has 3 rings (SSSR count). The highest BCUT2D eigenvalue weighted by atomic mass is 35.5. The third-order valence-electron chi connectivity index (χ3n) is 4.43. The Morgan fingerprint density at radius 2 is 2.35 bits per heavy atom. The Morgan fingerprint density at radius 3 is 3.00 bits per heavy atom. The highest BCUT2D eigenvalue weighted by Gasteiger charge is 2.41. The summed E-state index contributed by atoms with van der Waals surface area (Å²) in [6.07, 6.45) is 3.35. The van der Waals surface area contributed by atoms with Crippen molar-refractivity contribution in [3.63, 3.8) is 0 Å². The number of hydrogen-bond donors (Lipinski definition) is 3. The van der Waals surface area contributed by atoms with Gasteiger partial charge < -0.3 is 20.5 Å². The molecule has 4 atom stereocenters. The van der Waals surface area contributed by atoms with Crippen LogP contribution in [0.1, 0.15) is 37.9 Å². The third-order valence-corrected chi connectivity index (χ3v) is 4.66. The van der Waals surface area contributed by atoms with E-state index in [1.54, 1.807) is 12.1 Å². The quantitative estimate of drug-likeness (QED) is 0.569. The number of ether oxygens (including phenoxy) is 1. The topological polar surface area (TPSA) is 65.9 Å². The summed E-state index contributed by atoms with van der Waals surface area (Å²) in [6.45, 7) is 3.10. The summed E-state index contributed by atoms with van der Waals surface area (Å²) < 4.78 is 5.86. The fraction of sp³-hybridized carbons (Fsp3) is 0.588. The molecule has 6 heteroatoms. The van der Waals surface area contributed by atoms with E-state index in [0.717, 1.165) is 30.9 Å². The average molecular weight is 338 g/mol. The van der Waals surface area contributed by atoms with E-state index >= 15 is 0 Å². The van der Waals surface area contributed by atoms with Crippen LogP contribution >= 0.6 is 11.6 Å². The first-order valence-corrected chi connectivity index (χ1v) is 8.67. The second kappa shape index (κ2) is 7.51. The van der Waals surface area contributed by atoms with Gasteiger partial charge in [-0.3, -0.25) is 4.99 Å². The lowest BCUT2D eigenvalue weighted by Crippen LogP contribution is -2.47. The minimum absolute atomic E-state index is 0.289. The molecule has 0 saturated carbocycles. The van der Waals surface area contributed by atoms with Crippen LogP contribution in [0.5, 0.6) is 0 Å². The maximum absolute atomic E-state index is 10.3. The van der Waals surface area contributed by atoms with E-state index in [1.807, 2.05) is 19.1 Å². The van der Waals surface area contributed by atoms with E-state index in [-0.39, 0.29) is 6.54 Å². The monoisotopic (exact) mass is 337 g/mol. The smallest absolute Gasteiger partial charge is 0.191 e. The largest absolute Gasteiger partial charge is 0.386 e. The molecule has 2 heterocycles. The SMILES string of the molecule is CCNC(=NCC(O)c1cccc(Cl)c1)NC1CC2CCC1O2. The molecule has 2 aliphatic heterocycles. The van der Waals surface area contributed by atoms with Crippen LogP contribution in [0.2, 0.25) is 5.02 Å². The molecule has 0 spiro atoms. The van der Waals surface area contributed by atoms with Gasteiger partial charge >= 0.3 is 0 Å². The van der Waals surface area contributed by atoms with Crippen molar-refractivity contribution in [2.75, 3.05) is 13.1 Å². The highest BCUT2D eigenvalue weighted by Crippen LogP contribution is 2.34. The van der Waals surface area contributed by atoms with Crippen LogP contribution < -0.4 is 10.6 Å². The van der Waals surface area contributed by atoms with Gasteiger partial charge in [-0.1, -0.05) is 23.7 Å². The van der Waals surface area contributed by atoms with Gasteiger partial charge in [0.2, 0.25) is 0 Å². The van der Waals surface area contributed by atoms with Gasteiger partial charge in [0.25, 0.3) is 0 Å². The number of halogens is 1. The molecule has 126 valence electrons. The van der Waals surface area contributed by atoms with Gasteiger partial charge in [0.05, 0.1) is 30.9 Å². The number of fused-ring (bicyclic) bond motifs is 2. The molecule has 0 radical (unpaired) electrons. The minimum atomic E-state index is -0.666. The van der Waals surface area contributed by atoms with Crippen LogP contribution in [0.3, 0.4) is 0 Å². The lowest BCUT2D eigenvalue weighted by atomic mass is 9.96. The molecule has 3 N–H and O–H groups in total. The number of nitrogens with one attached hydrogen (secondary N) is 2. The highest BCUT2D eigenvalue weighted by molar-refractivity contribution is 6.30. The van der Waals surface area contributed by atoms with E-state index in [4.69, 9.17) is 16.3 Å². The van der Waals surface area contributed by atoms with E-state index in [2.05, 4.69) is 15.6 Å². The zero-order chi connectivity index (χ0) is 16.2. The Balaban J connectivity index is 1.60. The average Bonchev–Trinajstić information content (AvgIpc) is 3.15. The summed E-state index contributed by atoms with van der Waals surface area (Å²) in [6, 6.07) is 7.57. The van der Waals surface area contributed by atoms with Gasteiger partial charge in [-0.15, -0.1) is 0 Å². The molecule has 4 unspecified atom stereocenters. The van der Waals surface area contributed by atoms with Gasteiger partial charge in [0.15, 0.2) is 5.96 Å². The molecule has 23 heavy (non-hydrogen) atoms. The normalized spacial score (nSPS) is 28.0. The van der Waals surface area contributed by atoms with Crippen molar-refractivity contribution in [2.24, 2.45) is 4.99 Å². The van der Waals surface area contributed by atoms with Crippen LogP contribution in [-0.2, 0) is 4.74 Å². The Hall–Kier alpha value is -1.30. The van der Waals surface area contributed by atoms with Crippen LogP contribution in [0, 0.1) is 0 Å². The molecular formula is C17H24ClN3O2. The number of nitrogens with zero attached hydrogens (tertiary/aromatic N) is 1. The Bertz CT molecular complexity index is 567. The molecule has 1 aromatic rings. The van der Waals surface area contributed by atoms with Gasteiger partial charge in [0.1, 0.15) is 0 Å². The van der Waals surface area contributed by atoms with Crippen molar-refractivity contribution in [3.8, 4) is 0 Å². The lowest BCUT2D eigenvalue weighted by Gasteiger charge is -2.23. The molecule has 0 aromatic heterocycles. The number of rotatable bonds is 5. The van der Waals surface area contributed by atoms with Gasteiger partial charge in [-0.2, -0.15) is 0 Å². The number of hydrogen-bond acceptors (Lipinski definition) is 3. The number of aliphatic imine (C=N–C) groups is 1. The molecule has 5 nitrogen and oxygen atoms in total. The zero-order valence-corrected chi connectivity index (χ0v) is 14.1. The first-order chi connectivity index (χ1) is 11.2. The number of benzene rings is 1. The summed E-state index contributed by atoms with van der Waals surface area (Å²) in [7, 11) is 0. The van der Waals surface area contributed by atoms with Crippen molar-refractivity contribution in [1.82, 2.24) is 10.6 Å². The Kier molecular flexibility index (Phi) is 5.41. The molecule has 2 aliphatic rings.